The quantitative estimate of drug-likeness (QED) is 0.459. The number of ether oxygens (including phenoxy) is 1. The van der Waals surface area contributed by atoms with Gasteiger partial charge in [-0.25, -0.2) is 9.18 Å². The van der Waals surface area contributed by atoms with E-state index in [9.17, 15) is 13.7 Å². The highest BCUT2D eigenvalue weighted by Crippen LogP contribution is 2.22. The standard InChI is InChI=1S/C12H14F2N2O2/c1-18-12(17)9-3-2-4-10(7-9)16-6-5-15(14)8-11(16)13/h2-4,7,11H,5-6,8H2,1H3. The normalized spacial score (nSPS) is 20.8. The van der Waals surface area contributed by atoms with Crippen molar-refractivity contribution in [2.75, 3.05) is 31.6 Å². The van der Waals surface area contributed by atoms with Gasteiger partial charge in [0.2, 0.25) is 0 Å². The summed E-state index contributed by atoms with van der Waals surface area (Å²) in [6.07, 6.45) is -1.42. The van der Waals surface area contributed by atoms with Crippen molar-refractivity contribution < 1.29 is 18.4 Å². The topological polar surface area (TPSA) is 32.8 Å². The Morgan fingerprint density at radius 1 is 1.44 bits per heavy atom. The van der Waals surface area contributed by atoms with Crippen molar-refractivity contribution in [2.45, 2.75) is 6.30 Å². The number of alkyl halides is 1. The summed E-state index contributed by atoms with van der Waals surface area (Å²) < 4.78 is 31.2. The lowest BCUT2D eigenvalue weighted by molar-refractivity contribution is -0.0156. The summed E-state index contributed by atoms with van der Waals surface area (Å²) in [6, 6.07) is 6.48. The van der Waals surface area contributed by atoms with Crippen LogP contribution in [0.3, 0.4) is 0 Å². The van der Waals surface area contributed by atoms with Gasteiger partial charge in [0.05, 0.1) is 19.2 Å². The first-order chi connectivity index (χ1) is 8.61. The van der Waals surface area contributed by atoms with E-state index in [0.29, 0.717) is 16.4 Å². The summed E-state index contributed by atoms with van der Waals surface area (Å²) in [6.45, 7) is 0.0909. The van der Waals surface area contributed by atoms with Gasteiger partial charge in [-0.2, -0.15) is 0 Å². The van der Waals surface area contributed by atoms with E-state index in [0.717, 1.165) is 0 Å². The van der Waals surface area contributed by atoms with Crippen molar-refractivity contribution in [1.82, 2.24) is 5.12 Å². The summed E-state index contributed by atoms with van der Waals surface area (Å²) >= 11 is 0. The molecule has 1 fully saturated rings. The molecular weight excluding hydrogens is 242 g/mol. The second kappa shape index (κ2) is 5.30. The molecule has 0 saturated carbocycles. The zero-order valence-electron chi connectivity index (χ0n) is 9.97. The molecule has 1 aliphatic rings. The summed E-state index contributed by atoms with van der Waals surface area (Å²) in [5.74, 6) is -0.476. The van der Waals surface area contributed by atoms with Gasteiger partial charge in [-0.1, -0.05) is 6.07 Å². The minimum Gasteiger partial charge on any atom is -0.465 e. The van der Waals surface area contributed by atoms with Gasteiger partial charge in [-0.15, -0.1) is 9.60 Å². The van der Waals surface area contributed by atoms with Gasteiger partial charge in [-0.05, 0) is 18.2 Å². The molecule has 0 aliphatic carbocycles. The molecule has 1 saturated heterocycles. The number of rotatable bonds is 2. The SMILES string of the molecule is COC(=O)c1cccc(N2CCN(F)CC2F)c1. The number of nitrogens with zero attached hydrogens (tertiary/aromatic N) is 2. The predicted octanol–water partition coefficient (Wildman–Crippen LogP) is 1.78. The molecule has 0 bridgehead atoms. The predicted molar refractivity (Wildman–Crippen MR) is 62.7 cm³/mol. The average molecular weight is 256 g/mol. The molecule has 2 rings (SSSR count). The maximum absolute atomic E-state index is 13.7. The summed E-state index contributed by atoms with van der Waals surface area (Å²) in [5, 5.41) is 0.450. The van der Waals surface area contributed by atoms with Crippen LogP contribution in [0.5, 0.6) is 0 Å². The van der Waals surface area contributed by atoms with E-state index < -0.39 is 12.3 Å². The van der Waals surface area contributed by atoms with Crippen LogP contribution in [0.1, 0.15) is 10.4 Å². The maximum Gasteiger partial charge on any atom is 0.337 e. The highest BCUT2D eigenvalue weighted by molar-refractivity contribution is 5.90. The van der Waals surface area contributed by atoms with Gasteiger partial charge in [0.1, 0.15) is 0 Å². The molecule has 4 nitrogen and oxygen atoms in total. The molecule has 1 heterocycles. The lowest BCUT2D eigenvalue weighted by Gasteiger charge is -2.34. The van der Waals surface area contributed by atoms with E-state index in [4.69, 9.17) is 0 Å². The van der Waals surface area contributed by atoms with E-state index in [1.54, 1.807) is 24.3 Å². The molecular formula is C12H14F2N2O2. The molecule has 0 amide bonds. The maximum atomic E-state index is 13.7. The Hall–Kier alpha value is -1.69. The highest BCUT2D eigenvalue weighted by atomic mass is 19.2. The number of benzene rings is 1. The molecule has 1 aromatic rings. The van der Waals surface area contributed by atoms with Crippen molar-refractivity contribution in [3.63, 3.8) is 0 Å². The average Bonchev–Trinajstić information content (AvgIpc) is 2.38. The number of esters is 1. The van der Waals surface area contributed by atoms with Gasteiger partial charge in [0.15, 0.2) is 6.30 Å². The Balaban J connectivity index is 2.20. The van der Waals surface area contributed by atoms with Crippen molar-refractivity contribution in [2.24, 2.45) is 0 Å². The van der Waals surface area contributed by atoms with E-state index in [1.165, 1.54) is 12.0 Å². The lowest BCUT2D eigenvalue weighted by atomic mass is 10.1. The Morgan fingerprint density at radius 2 is 2.22 bits per heavy atom. The smallest absolute Gasteiger partial charge is 0.337 e. The molecule has 1 aliphatic heterocycles. The van der Waals surface area contributed by atoms with Crippen LogP contribution in [0.25, 0.3) is 0 Å². The fourth-order valence-corrected chi connectivity index (χ4v) is 1.93. The Bertz CT molecular complexity index is 442. The summed E-state index contributed by atoms with van der Waals surface area (Å²) in [4.78, 5) is 12.8. The monoisotopic (exact) mass is 256 g/mol. The molecule has 0 aromatic heterocycles. The van der Waals surface area contributed by atoms with Crippen LogP contribution >= 0.6 is 0 Å². The second-order valence-corrected chi connectivity index (χ2v) is 4.04. The van der Waals surface area contributed by atoms with E-state index in [2.05, 4.69) is 4.74 Å². The largest absolute Gasteiger partial charge is 0.465 e. The summed E-state index contributed by atoms with van der Waals surface area (Å²) in [7, 11) is 1.29. The fourth-order valence-electron chi connectivity index (χ4n) is 1.93. The number of hydrogen-bond donors (Lipinski definition) is 0. The number of hydrogen-bond acceptors (Lipinski definition) is 4. The van der Waals surface area contributed by atoms with Gasteiger partial charge >= 0.3 is 5.97 Å². The van der Waals surface area contributed by atoms with Crippen LogP contribution in [0, 0.1) is 0 Å². The fraction of sp³-hybridized carbons (Fsp3) is 0.417. The van der Waals surface area contributed by atoms with Gasteiger partial charge < -0.3 is 9.64 Å². The van der Waals surface area contributed by atoms with E-state index in [-0.39, 0.29) is 19.6 Å². The van der Waals surface area contributed by atoms with Crippen LogP contribution < -0.4 is 4.90 Å². The molecule has 1 aromatic carbocycles. The lowest BCUT2D eigenvalue weighted by Crippen LogP contribution is -2.48. The molecule has 98 valence electrons. The number of anilines is 1. The number of carbonyl (C=O) groups is 1. The summed E-state index contributed by atoms with van der Waals surface area (Å²) in [5.41, 5.74) is 0.906. The number of carbonyl (C=O) groups excluding carboxylic acids is 1. The Morgan fingerprint density at radius 3 is 2.89 bits per heavy atom. The molecule has 0 N–H and O–H groups in total. The third-order valence-corrected chi connectivity index (χ3v) is 2.87. The minimum absolute atomic E-state index is 0.142. The molecule has 18 heavy (non-hydrogen) atoms. The zero-order chi connectivity index (χ0) is 13.1. The van der Waals surface area contributed by atoms with Gasteiger partial charge in [0, 0.05) is 18.8 Å². The first-order valence-electron chi connectivity index (χ1n) is 5.61. The van der Waals surface area contributed by atoms with Crippen molar-refractivity contribution in [3.05, 3.63) is 29.8 Å². The molecule has 1 atom stereocenters. The van der Waals surface area contributed by atoms with Crippen LogP contribution in [-0.4, -0.2) is 44.1 Å². The Kier molecular flexibility index (Phi) is 3.76. The molecule has 6 heteroatoms. The van der Waals surface area contributed by atoms with Crippen LogP contribution in [0.2, 0.25) is 0 Å². The zero-order valence-corrected chi connectivity index (χ0v) is 9.97. The van der Waals surface area contributed by atoms with Crippen LogP contribution in [0.15, 0.2) is 24.3 Å². The third-order valence-electron chi connectivity index (χ3n) is 2.87. The van der Waals surface area contributed by atoms with Crippen LogP contribution in [0.4, 0.5) is 14.6 Å². The minimum atomic E-state index is -1.42. The van der Waals surface area contributed by atoms with Crippen molar-refractivity contribution in [3.8, 4) is 0 Å². The Labute approximate surface area is 104 Å². The van der Waals surface area contributed by atoms with Crippen molar-refractivity contribution >= 4 is 11.7 Å². The first-order valence-corrected chi connectivity index (χ1v) is 5.61. The third kappa shape index (κ3) is 2.59. The first kappa shape index (κ1) is 12.8. The molecule has 1 unspecified atom stereocenters. The number of piperazine rings is 1. The van der Waals surface area contributed by atoms with E-state index in [1.807, 2.05) is 0 Å². The van der Waals surface area contributed by atoms with Gasteiger partial charge in [0.25, 0.3) is 0 Å². The number of methoxy groups -OCH3 is 1. The highest BCUT2D eigenvalue weighted by Gasteiger charge is 2.27. The molecule has 0 radical (unpaired) electrons. The molecule has 0 spiro atoms. The van der Waals surface area contributed by atoms with Gasteiger partial charge in [-0.3, -0.25) is 0 Å². The van der Waals surface area contributed by atoms with Crippen molar-refractivity contribution in [1.29, 1.82) is 0 Å². The number of halogens is 2. The van der Waals surface area contributed by atoms with E-state index >= 15 is 0 Å². The second-order valence-electron chi connectivity index (χ2n) is 4.04. The van der Waals surface area contributed by atoms with Crippen LogP contribution in [-0.2, 0) is 4.74 Å².